The lowest BCUT2D eigenvalue weighted by Crippen LogP contribution is -2.27. The molecule has 104 valence electrons. The first kappa shape index (κ1) is 13.9. The largest absolute Gasteiger partial charge is 0.385 e. The molecule has 0 aliphatic heterocycles. The summed E-state index contributed by atoms with van der Waals surface area (Å²) in [6.07, 6.45) is 1.21. The lowest BCUT2D eigenvalue weighted by Gasteiger charge is -2.12. The maximum absolute atomic E-state index is 12.3. The van der Waals surface area contributed by atoms with Crippen molar-refractivity contribution in [2.24, 2.45) is 11.3 Å². The first-order valence-electron chi connectivity index (χ1n) is 7.07. The second kappa shape index (κ2) is 5.24. The highest BCUT2D eigenvalue weighted by Crippen LogP contribution is 2.51. The smallest absolute Gasteiger partial charge is 0.253 e. The monoisotopic (exact) mass is 260 g/mol. The topological polar surface area (TPSA) is 41.1 Å². The summed E-state index contributed by atoms with van der Waals surface area (Å²) < 4.78 is 0. The van der Waals surface area contributed by atoms with Crippen LogP contribution in [0.2, 0.25) is 0 Å². The molecule has 1 aromatic carbocycles. The summed E-state index contributed by atoms with van der Waals surface area (Å²) in [5, 5.41) is 6.31. The van der Waals surface area contributed by atoms with Crippen molar-refractivity contribution in [1.82, 2.24) is 5.32 Å². The highest BCUT2D eigenvalue weighted by molar-refractivity contribution is 5.99. The molecule has 0 saturated heterocycles. The van der Waals surface area contributed by atoms with Crippen molar-refractivity contribution in [3.63, 3.8) is 0 Å². The Morgan fingerprint density at radius 3 is 2.68 bits per heavy atom. The van der Waals surface area contributed by atoms with Gasteiger partial charge in [0, 0.05) is 18.8 Å². The van der Waals surface area contributed by atoms with Gasteiger partial charge in [0.25, 0.3) is 5.91 Å². The van der Waals surface area contributed by atoms with E-state index in [4.69, 9.17) is 0 Å². The predicted octanol–water partition coefficient (Wildman–Crippen LogP) is 3.20. The van der Waals surface area contributed by atoms with Crippen molar-refractivity contribution in [2.45, 2.75) is 34.1 Å². The molecule has 1 saturated carbocycles. The van der Waals surface area contributed by atoms with Gasteiger partial charge in [0.15, 0.2) is 0 Å². The molecule has 0 spiro atoms. The minimum absolute atomic E-state index is 0.0300. The van der Waals surface area contributed by atoms with Crippen LogP contribution in [-0.2, 0) is 0 Å². The van der Waals surface area contributed by atoms with Gasteiger partial charge in [-0.05, 0) is 43.7 Å². The summed E-state index contributed by atoms with van der Waals surface area (Å²) in [7, 11) is 0. The molecule has 1 amide bonds. The third kappa shape index (κ3) is 3.28. The summed E-state index contributed by atoms with van der Waals surface area (Å²) in [5.41, 5.74) is 3.18. The fourth-order valence-corrected chi connectivity index (χ4v) is 2.43. The molecule has 0 aromatic heterocycles. The fraction of sp³-hybridized carbons (Fsp3) is 0.562. The maximum atomic E-state index is 12.3. The number of aryl methyl sites for hydroxylation is 1. The van der Waals surface area contributed by atoms with Crippen LogP contribution in [0.15, 0.2) is 18.2 Å². The first-order valence-corrected chi connectivity index (χ1v) is 7.07. The number of rotatable bonds is 5. The second-order valence-electron chi connectivity index (χ2n) is 6.18. The van der Waals surface area contributed by atoms with E-state index in [9.17, 15) is 4.79 Å². The molecule has 1 fully saturated rings. The molecule has 0 heterocycles. The average molecular weight is 260 g/mol. The molecule has 0 radical (unpaired) electrons. The zero-order chi connectivity index (χ0) is 14.0. The van der Waals surface area contributed by atoms with E-state index in [1.807, 2.05) is 32.0 Å². The van der Waals surface area contributed by atoms with E-state index < -0.39 is 0 Å². The predicted molar refractivity (Wildman–Crippen MR) is 79.6 cm³/mol. The van der Waals surface area contributed by atoms with E-state index in [0.29, 0.717) is 11.3 Å². The van der Waals surface area contributed by atoms with E-state index >= 15 is 0 Å². The van der Waals surface area contributed by atoms with Gasteiger partial charge in [0.05, 0.1) is 5.56 Å². The van der Waals surface area contributed by atoms with Crippen molar-refractivity contribution in [3.8, 4) is 0 Å². The molecule has 2 rings (SSSR count). The van der Waals surface area contributed by atoms with Crippen molar-refractivity contribution in [3.05, 3.63) is 29.3 Å². The van der Waals surface area contributed by atoms with Gasteiger partial charge in [-0.3, -0.25) is 4.79 Å². The summed E-state index contributed by atoms with van der Waals surface area (Å²) in [4.78, 5) is 12.3. The Bertz CT molecular complexity index is 480. The van der Waals surface area contributed by atoms with Crippen LogP contribution in [0.4, 0.5) is 5.69 Å². The molecular weight excluding hydrogens is 236 g/mol. The molecular formula is C16H24N2O. The van der Waals surface area contributed by atoms with Gasteiger partial charge in [-0.15, -0.1) is 0 Å². The average Bonchev–Trinajstić information content (AvgIpc) is 2.96. The van der Waals surface area contributed by atoms with Crippen LogP contribution in [-0.4, -0.2) is 19.0 Å². The summed E-state index contributed by atoms with van der Waals surface area (Å²) in [5.74, 6) is 0.659. The number of nitrogens with one attached hydrogen (secondary N) is 2. The van der Waals surface area contributed by atoms with E-state index in [2.05, 4.69) is 24.5 Å². The van der Waals surface area contributed by atoms with Crippen LogP contribution in [0.25, 0.3) is 0 Å². The molecule has 1 aliphatic carbocycles. The van der Waals surface area contributed by atoms with Crippen molar-refractivity contribution >= 4 is 11.6 Å². The Balaban J connectivity index is 2.03. The van der Waals surface area contributed by atoms with Gasteiger partial charge in [-0.1, -0.05) is 25.5 Å². The van der Waals surface area contributed by atoms with Gasteiger partial charge >= 0.3 is 0 Å². The van der Waals surface area contributed by atoms with Gasteiger partial charge < -0.3 is 10.6 Å². The normalized spacial score (nSPS) is 19.9. The van der Waals surface area contributed by atoms with Gasteiger partial charge in [-0.25, -0.2) is 0 Å². The van der Waals surface area contributed by atoms with Crippen LogP contribution in [0.5, 0.6) is 0 Å². The molecule has 3 heteroatoms. The van der Waals surface area contributed by atoms with Crippen LogP contribution in [0, 0.1) is 18.3 Å². The summed E-state index contributed by atoms with van der Waals surface area (Å²) in [6, 6.07) is 5.96. The molecule has 1 atom stereocenters. The Morgan fingerprint density at radius 1 is 1.42 bits per heavy atom. The first-order chi connectivity index (χ1) is 8.94. The lowest BCUT2D eigenvalue weighted by molar-refractivity contribution is 0.0951. The Kier molecular flexibility index (Phi) is 3.83. The Morgan fingerprint density at radius 2 is 2.11 bits per heavy atom. The lowest BCUT2D eigenvalue weighted by atomic mass is 10.1. The number of amides is 1. The molecule has 1 unspecified atom stereocenters. The summed E-state index contributed by atoms with van der Waals surface area (Å²) in [6.45, 7) is 10.1. The zero-order valence-electron chi connectivity index (χ0n) is 12.3. The quantitative estimate of drug-likeness (QED) is 0.853. The molecule has 2 N–H and O–H groups in total. The standard InChI is InChI=1S/C16H24N2O/c1-5-17-14-7-6-11(2)8-13(14)15(19)18-10-12-9-16(12,3)4/h6-8,12,17H,5,9-10H2,1-4H3,(H,18,19). The van der Waals surface area contributed by atoms with Crippen molar-refractivity contribution in [2.75, 3.05) is 18.4 Å². The molecule has 19 heavy (non-hydrogen) atoms. The minimum atomic E-state index is 0.0300. The van der Waals surface area contributed by atoms with Crippen LogP contribution in [0.3, 0.4) is 0 Å². The van der Waals surface area contributed by atoms with Gasteiger partial charge in [0.1, 0.15) is 0 Å². The van der Waals surface area contributed by atoms with Crippen LogP contribution < -0.4 is 10.6 Å². The number of anilines is 1. The molecule has 3 nitrogen and oxygen atoms in total. The Labute approximate surface area is 115 Å². The minimum Gasteiger partial charge on any atom is -0.385 e. The zero-order valence-corrected chi connectivity index (χ0v) is 12.3. The van der Waals surface area contributed by atoms with Gasteiger partial charge in [0.2, 0.25) is 0 Å². The van der Waals surface area contributed by atoms with E-state index in [1.165, 1.54) is 6.42 Å². The second-order valence-corrected chi connectivity index (χ2v) is 6.18. The highest BCUT2D eigenvalue weighted by Gasteiger charge is 2.45. The SMILES string of the molecule is CCNc1ccc(C)cc1C(=O)NCC1CC1(C)C. The number of hydrogen-bond acceptors (Lipinski definition) is 2. The highest BCUT2D eigenvalue weighted by atomic mass is 16.1. The van der Waals surface area contributed by atoms with Crippen molar-refractivity contribution < 1.29 is 4.79 Å². The Hall–Kier alpha value is -1.51. The fourth-order valence-electron chi connectivity index (χ4n) is 2.43. The number of carbonyl (C=O) groups excluding carboxylic acids is 1. The third-order valence-corrected chi connectivity index (χ3v) is 4.01. The third-order valence-electron chi connectivity index (χ3n) is 4.01. The van der Waals surface area contributed by atoms with Gasteiger partial charge in [-0.2, -0.15) is 0 Å². The summed E-state index contributed by atoms with van der Waals surface area (Å²) >= 11 is 0. The van der Waals surface area contributed by atoms with E-state index in [-0.39, 0.29) is 5.91 Å². The molecule has 1 aromatic rings. The molecule has 0 bridgehead atoms. The van der Waals surface area contributed by atoms with E-state index in [0.717, 1.165) is 29.9 Å². The number of carbonyl (C=O) groups is 1. The maximum Gasteiger partial charge on any atom is 0.253 e. The van der Waals surface area contributed by atoms with Crippen LogP contribution >= 0.6 is 0 Å². The number of hydrogen-bond donors (Lipinski definition) is 2. The number of benzene rings is 1. The van der Waals surface area contributed by atoms with Crippen molar-refractivity contribution in [1.29, 1.82) is 0 Å². The van der Waals surface area contributed by atoms with Crippen LogP contribution in [0.1, 0.15) is 43.1 Å². The molecule has 1 aliphatic rings. The van der Waals surface area contributed by atoms with E-state index in [1.54, 1.807) is 0 Å².